The minimum Gasteiger partial charge on any atom is -0.310 e. The Morgan fingerprint density at radius 3 is 1.48 bits per heavy atom. The first kappa shape index (κ1) is 42.5. The second kappa shape index (κ2) is 16.4. The Morgan fingerprint density at radius 1 is 0.370 bits per heavy atom. The van der Waals surface area contributed by atoms with Gasteiger partial charge in [-0.25, -0.2) is 0 Å². The molecule has 1 aromatic heterocycles. The third-order valence-electron chi connectivity index (χ3n) is 18.1. The summed E-state index contributed by atoms with van der Waals surface area (Å²) in [7, 11) is 0. The third kappa shape index (κ3) is 6.29. The van der Waals surface area contributed by atoms with Crippen molar-refractivity contribution in [3.8, 4) is 39.1 Å². The van der Waals surface area contributed by atoms with Crippen LogP contribution in [0, 0.1) is 17.8 Å². The quantitative estimate of drug-likeness (QED) is 0.155. The zero-order valence-electron chi connectivity index (χ0n) is 41.3. The summed E-state index contributed by atoms with van der Waals surface area (Å²) < 4.78 is 2.41. The van der Waals surface area contributed by atoms with E-state index in [1.54, 1.807) is 0 Å². The molecular weight excluding hydrogens is 881 g/mol. The van der Waals surface area contributed by atoms with Gasteiger partial charge in [-0.05, 0) is 164 Å². The molecule has 73 heavy (non-hydrogen) atoms. The highest BCUT2D eigenvalue weighted by molar-refractivity contribution is 6.09. The molecule has 0 radical (unpaired) electrons. The summed E-state index contributed by atoms with van der Waals surface area (Å²) >= 11 is 0. The van der Waals surface area contributed by atoms with Crippen molar-refractivity contribution in [2.24, 2.45) is 17.8 Å². The minimum absolute atomic E-state index is 0.199. The number of aromatic nitrogens is 1. The molecule has 0 unspecified atom stereocenters. The fourth-order valence-electron chi connectivity index (χ4n) is 14.9. The zero-order valence-corrected chi connectivity index (χ0v) is 41.3. The SMILES string of the molecule is C[C@]1([C@H]2C[C@@H]3CC[C@@H](C3)C2)c2ccccc2C2(c3ccccc3-c3ccccc32)c2ccc(N(c3ccc(-c4ccccc4)cc3)c3ccc(-c4cccc(-n5c6ccccc6c6ccccc65)c4)cc3)cc21. The van der Waals surface area contributed by atoms with E-state index >= 15 is 0 Å². The van der Waals surface area contributed by atoms with Gasteiger partial charge in [-0.2, -0.15) is 0 Å². The van der Waals surface area contributed by atoms with Crippen LogP contribution in [0.15, 0.2) is 243 Å². The lowest BCUT2D eigenvalue weighted by molar-refractivity contribution is 0.187. The molecule has 0 N–H and O–H groups in total. The molecular formula is C71H56N2. The third-order valence-corrected chi connectivity index (χ3v) is 18.1. The highest BCUT2D eigenvalue weighted by Gasteiger charge is 2.57. The Bertz CT molecular complexity index is 3820. The van der Waals surface area contributed by atoms with Crippen molar-refractivity contribution in [3.63, 3.8) is 0 Å². The van der Waals surface area contributed by atoms with Crippen molar-refractivity contribution >= 4 is 38.9 Å². The van der Waals surface area contributed by atoms with Crippen molar-refractivity contribution in [2.75, 3.05) is 4.90 Å². The van der Waals surface area contributed by atoms with Gasteiger partial charge in [-0.15, -0.1) is 0 Å². The Hall–Kier alpha value is -8.20. The average molecular weight is 937 g/mol. The van der Waals surface area contributed by atoms with Crippen molar-refractivity contribution in [1.82, 2.24) is 4.57 Å². The first-order chi connectivity index (χ1) is 36.1. The standard InChI is InChI=1S/C71H56N2/c1-70(53-43-47-30-31-48(42-47)44-53)64-26-11-12-27-65(64)71(62-24-9-5-20-58(62)59-21-6-10-25-63(59)71)66-41-40-57(46-67(66)70)72(54-36-32-50(33-37-54)49-16-3-2-4-17-49)55-38-34-51(35-39-55)52-18-15-19-56(45-52)73-68-28-13-7-22-60(68)61-23-8-14-29-69(61)73/h2-29,32-41,45-48,53H,30-31,42-44H2,1H3/t47-,48+,53+,70-/m0/s1. The fraction of sp³-hybridized carbons (Fsp3) is 0.155. The smallest absolute Gasteiger partial charge is 0.0719 e. The molecule has 350 valence electrons. The first-order valence-corrected chi connectivity index (χ1v) is 26.6. The molecule has 1 spiro atoms. The van der Waals surface area contributed by atoms with Crippen LogP contribution < -0.4 is 4.90 Å². The summed E-state index contributed by atoms with van der Waals surface area (Å²) in [6.07, 6.45) is 6.73. The lowest BCUT2D eigenvalue weighted by Gasteiger charge is -2.52. The molecule has 4 aliphatic carbocycles. The van der Waals surface area contributed by atoms with Crippen LogP contribution in [-0.2, 0) is 10.8 Å². The molecule has 2 nitrogen and oxygen atoms in total. The van der Waals surface area contributed by atoms with E-state index in [1.807, 2.05) is 0 Å². The van der Waals surface area contributed by atoms with Crippen LogP contribution in [0.3, 0.4) is 0 Å². The molecule has 0 amide bonds. The molecule has 11 aromatic rings. The van der Waals surface area contributed by atoms with Crippen molar-refractivity contribution < 1.29 is 0 Å². The summed E-state index contributed by atoms with van der Waals surface area (Å²) in [4.78, 5) is 2.52. The Morgan fingerprint density at radius 2 is 0.849 bits per heavy atom. The van der Waals surface area contributed by atoms with E-state index in [0.29, 0.717) is 5.92 Å². The van der Waals surface area contributed by atoms with E-state index in [9.17, 15) is 0 Å². The van der Waals surface area contributed by atoms with Gasteiger partial charge in [0.05, 0.1) is 16.4 Å². The molecule has 0 aliphatic heterocycles. The predicted octanol–water partition coefficient (Wildman–Crippen LogP) is 18.4. The van der Waals surface area contributed by atoms with Crippen LogP contribution in [0.1, 0.15) is 72.4 Å². The molecule has 2 heteroatoms. The molecule has 4 aliphatic rings. The van der Waals surface area contributed by atoms with Crippen LogP contribution in [0.4, 0.5) is 17.1 Å². The Labute approximate surface area is 428 Å². The maximum atomic E-state index is 2.64. The second-order valence-electron chi connectivity index (χ2n) is 21.7. The van der Waals surface area contributed by atoms with E-state index < -0.39 is 5.41 Å². The lowest BCUT2D eigenvalue weighted by atomic mass is 9.50. The minimum atomic E-state index is -0.442. The summed E-state index contributed by atoms with van der Waals surface area (Å²) in [5.74, 6) is 2.15. The number of hydrogen-bond acceptors (Lipinski definition) is 1. The van der Waals surface area contributed by atoms with Gasteiger partial charge >= 0.3 is 0 Å². The van der Waals surface area contributed by atoms with Gasteiger partial charge in [0.1, 0.15) is 0 Å². The molecule has 2 bridgehead atoms. The number of para-hydroxylation sites is 2. The first-order valence-electron chi connectivity index (χ1n) is 26.6. The van der Waals surface area contributed by atoms with Gasteiger partial charge in [-0.1, -0.05) is 202 Å². The Balaban J connectivity index is 0.916. The van der Waals surface area contributed by atoms with Crippen LogP contribution in [0.25, 0.3) is 60.9 Å². The summed E-state index contributed by atoms with van der Waals surface area (Å²) in [6.45, 7) is 2.64. The van der Waals surface area contributed by atoms with Gasteiger partial charge in [0.2, 0.25) is 0 Å². The largest absolute Gasteiger partial charge is 0.310 e. The Kier molecular flexibility index (Phi) is 9.55. The fourth-order valence-corrected chi connectivity index (χ4v) is 14.9. The summed E-state index contributed by atoms with van der Waals surface area (Å²) in [6, 6.07) is 91.7. The van der Waals surface area contributed by atoms with Gasteiger partial charge in [-0.3, -0.25) is 0 Å². The van der Waals surface area contributed by atoms with Gasteiger partial charge in [0.15, 0.2) is 0 Å². The van der Waals surface area contributed by atoms with E-state index in [1.165, 1.54) is 126 Å². The average Bonchev–Trinajstić information content (AvgIpc) is 4.10. The summed E-state index contributed by atoms with van der Waals surface area (Å²) in [5.41, 5.74) is 22.6. The van der Waals surface area contributed by atoms with Crippen molar-refractivity contribution in [3.05, 3.63) is 276 Å². The van der Waals surface area contributed by atoms with Crippen LogP contribution >= 0.6 is 0 Å². The number of hydrogen-bond donors (Lipinski definition) is 0. The van der Waals surface area contributed by atoms with E-state index in [4.69, 9.17) is 0 Å². The molecule has 15 rings (SSSR count). The highest BCUT2D eigenvalue weighted by Crippen LogP contribution is 2.65. The predicted molar refractivity (Wildman–Crippen MR) is 304 cm³/mol. The van der Waals surface area contributed by atoms with E-state index in [2.05, 4.69) is 259 Å². The normalized spacial score (nSPS) is 19.9. The molecule has 2 saturated carbocycles. The number of fused-ring (bicyclic) bond motifs is 14. The van der Waals surface area contributed by atoms with Gasteiger partial charge in [0.25, 0.3) is 0 Å². The highest BCUT2D eigenvalue weighted by atomic mass is 15.1. The van der Waals surface area contributed by atoms with Gasteiger partial charge < -0.3 is 9.47 Å². The maximum Gasteiger partial charge on any atom is 0.0719 e. The van der Waals surface area contributed by atoms with Gasteiger partial charge in [0, 0.05) is 38.9 Å². The monoisotopic (exact) mass is 936 g/mol. The topological polar surface area (TPSA) is 8.17 Å². The molecule has 4 atom stereocenters. The maximum absolute atomic E-state index is 2.64. The number of nitrogens with zero attached hydrogens (tertiary/aromatic N) is 2. The zero-order chi connectivity index (χ0) is 48.3. The number of rotatable bonds is 7. The van der Waals surface area contributed by atoms with Crippen molar-refractivity contribution in [1.29, 1.82) is 0 Å². The molecule has 0 saturated heterocycles. The number of benzene rings is 10. The van der Waals surface area contributed by atoms with Crippen LogP contribution in [-0.4, -0.2) is 4.57 Å². The second-order valence-corrected chi connectivity index (χ2v) is 21.7. The van der Waals surface area contributed by atoms with Crippen molar-refractivity contribution in [2.45, 2.75) is 49.9 Å². The molecule has 10 aromatic carbocycles. The lowest BCUT2D eigenvalue weighted by Crippen LogP contribution is -2.46. The van der Waals surface area contributed by atoms with Crippen LogP contribution in [0.2, 0.25) is 0 Å². The van der Waals surface area contributed by atoms with E-state index in [-0.39, 0.29) is 5.41 Å². The molecule has 2 fully saturated rings. The van der Waals surface area contributed by atoms with E-state index in [0.717, 1.165) is 28.9 Å². The summed E-state index contributed by atoms with van der Waals surface area (Å²) in [5, 5.41) is 2.55. The number of anilines is 3. The van der Waals surface area contributed by atoms with Crippen LogP contribution in [0.5, 0.6) is 0 Å². The molecule has 1 heterocycles.